The number of carbonyl (C=O) groups excluding carboxylic acids is 2. The highest BCUT2D eigenvalue weighted by Crippen LogP contribution is 1.79. The first-order valence-corrected chi connectivity index (χ1v) is 5.02. The summed E-state index contributed by atoms with van der Waals surface area (Å²) in [6.07, 6.45) is 0.768. The summed E-state index contributed by atoms with van der Waals surface area (Å²) in [5.74, 6) is -0.548. The lowest BCUT2D eigenvalue weighted by Gasteiger charge is -2.05. The first kappa shape index (κ1) is 13.9. The minimum absolute atomic E-state index is 0.0231. The predicted octanol–water partition coefficient (Wildman–Crippen LogP) is -1.40. The number of carbonyl (C=O) groups is 2. The molecule has 88 valence electrons. The molecule has 0 radical (unpaired) electrons. The Labute approximate surface area is 89.5 Å². The fourth-order valence-corrected chi connectivity index (χ4v) is 0.860. The number of amides is 2. The van der Waals surface area contributed by atoms with Crippen LogP contribution in [0, 0.1) is 0 Å². The molecule has 0 aromatic carbocycles. The Balaban J connectivity index is 3.30. The Hall–Kier alpha value is -1.14. The van der Waals surface area contributed by atoms with Crippen LogP contribution in [0.25, 0.3) is 0 Å². The van der Waals surface area contributed by atoms with E-state index in [9.17, 15) is 9.59 Å². The van der Waals surface area contributed by atoms with Crippen molar-refractivity contribution in [3.05, 3.63) is 0 Å². The van der Waals surface area contributed by atoms with Gasteiger partial charge in [-0.25, -0.2) is 0 Å². The zero-order chi connectivity index (χ0) is 11.5. The van der Waals surface area contributed by atoms with Crippen molar-refractivity contribution in [2.24, 2.45) is 5.73 Å². The molecule has 4 N–H and O–H groups in total. The van der Waals surface area contributed by atoms with Crippen molar-refractivity contribution in [2.75, 3.05) is 32.8 Å². The standard InChI is InChI=1S/C9H19N3O3/c1-2-15-5-3-4-11-9(14)7-12-8(13)6-10/h2-7,10H2,1H3,(H,11,14)(H,12,13). The van der Waals surface area contributed by atoms with Crippen LogP contribution >= 0.6 is 0 Å². The van der Waals surface area contributed by atoms with Gasteiger partial charge in [0.2, 0.25) is 11.8 Å². The Morgan fingerprint density at radius 1 is 1.27 bits per heavy atom. The molecular weight excluding hydrogens is 198 g/mol. The van der Waals surface area contributed by atoms with Gasteiger partial charge in [0, 0.05) is 19.8 Å². The van der Waals surface area contributed by atoms with E-state index in [-0.39, 0.29) is 24.9 Å². The minimum atomic E-state index is -0.334. The van der Waals surface area contributed by atoms with E-state index in [0.717, 1.165) is 6.42 Å². The van der Waals surface area contributed by atoms with Gasteiger partial charge in [-0.3, -0.25) is 9.59 Å². The summed E-state index contributed by atoms with van der Waals surface area (Å²) < 4.78 is 5.09. The number of rotatable bonds is 8. The normalized spacial score (nSPS) is 9.73. The summed E-state index contributed by atoms with van der Waals surface area (Å²) in [4.78, 5) is 21.8. The molecule has 0 aliphatic heterocycles. The average molecular weight is 217 g/mol. The maximum Gasteiger partial charge on any atom is 0.239 e. The van der Waals surface area contributed by atoms with Crippen molar-refractivity contribution >= 4 is 11.8 Å². The Morgan fingerprint density at radius 3 is 2.60 bits per heavy atom. The topological polar surface area (TPSA) is 93.5 Å². The number of nitrogens with two attached hydrogens (primary N) is 1. The van der Waals surface area contributed by atoms with Gasteiger partial charge in [-0.1, -0.05) is 0 Å². The summed E-state index contributed by atoms with van der Waals surface area (Å²) in [5, 5.41) is 5.02. The van der Waals surface area contributed by atoms with Gasteiger partial charge in [-0.05, 0) is 13.3 Å². The van der Waals surface area contributed by atoms with E-state index in [1.165, 1.54) is 0 Å². The van der Waals surface area contributed by atoms with E-state index in [4.69, 9.17) is 10.5 Å². The van der Waals surface area contributed by atoms with Gasteiger partial charge in [-0.15, -0.1) is 0 Å². The predicted molar refractivity (Wildman–Crippen MR) is 56.2 cm³/mol. The molecule has 6 heteroatoms. The molecule has 0 unspecified atom stereocenters. The van der Waals surface area contributed by atoms with Crippen LogP contribution in [0.15, 0.2) is 0 Å². The monoisotopic (exact) mass is 217 g/mol. The van der Waals surface area contributed by atoms with Crippen molar-refractivity contribution in [2.45, 2.75) is 13.3 Å². The number of hydrogen-bond donors (Lipinski definition) is 3. The molecule has 0 bridgehead atoms. The molecule has 0 aromatic rings. The molecule has 15 heavy (non-hydrogen) atoms. The largest absolute Gasteiger partial charge is 0.382 e. The smallest absolute Gasteiger partial charge is 0.239 e. The van der Waals surface area contributed by atoms with Gasteiger partial charge in [-0.2, -0.15) is 0 Å². The molecule has 0 saturated carbocycles. The van der Waals surface area contributed by atoms with Crippen molar-refractivity contribution in [1.29, 1.82) is 0 Å². The second-order valence-electron chi connectivity index (χ2n) is 2.88. The molecule has 2 amide bonds. The summed E-state index contributed by atoms with van der Waals surface area (Å²) in [7, 11) is 0. The fourth-order valence-electron chi connectivity index (χ4n) is 0.860. The summed E-state index contributed by atoms with van der Waals surface area (Å²) in [6.45, 7) is 3.66. The molecule has 0 fully saturated rings. The van der Waals surface area contributed by atoms with Crippen LogP contribution in [-0.4, -0.2) is 44.7 Å². The SMILES string of the molecule is CCOCCCNC(=O)CNC(=O)CN. The molecule has 0 aliphatic rings. The lowest BCUT2D eigenvalue weighted by Crippen LogP contribution is -2.39. The van der Waals surface area contributed by atoms with E-state index < -0.39 is 0 Å². The molecule has 6 nitrogen and oxygen atoms in total. The molecule has 0 spiro atoms. The van der Waals surface area contributed by atoms with E-state index in [0.29, 0.717) is 19.8 Å². The van der Waals surface area contributed by atoms with Crippen LogP contribution in [0.5, 0.6) is 0 Å². The highest BCUT2D eigenvalue weighted by atomic mass is 16.5. The number of nitrogens with one attached hydrogen (secondary N) is 2. The van der Waals surface area contributed by atoms with Gasteiger partial charge in [0.25, 0.3) is 0 Å². The van der Waals surface area contributed by atoms with E-state index >= 15 is 0 Å². The van der Waals surface area contributed by atoms with E-state index in [2.05, 4.69) is 10.6 Å². The van der Waals surface area contributed by atoms with Gasteiger partial charge in [0.15, 0.2) is 0 Å². The van der Waals surface area contributed by atoms with Gasteiger partial charge < -0.3 is 21.1 Å². The zero-order valence-corrected chi connectivity index (χ0v) is 9.04. The summed E-state index contributed by atoms with van der Waals surface area (Å²) in [5.41, 5.74) is 5.05. The van der Waals surface area contributed by atoms with Crippen molar-refractivity contribution in [1.82, 2.24) is 10.6 Å². The van der Waals surface area contributed by atoms with Crippen LogP contribution < -0.4 is 16.4 Å². The van der Waals surface area contributed by atoms with Crippen LogP contribution in [0.2, 0.25) is 0 Å². The second-order valence-corrected chi connectivity index (χ2v) is 2.88. The molecule has 0 saturated heterocycles. The number of ether oxygens (including phenoxy) is 1. The zero-order valence-electron chi connectivity index (χ0n) is 9.04. The third-order valence-corrected chi connectivity index (χ3v) is 1.62. The number of hydrogen-bond acceptors (Lipinski definition) is 4. The highest BCUT2D eigenvalue weighted by Gasteiger charge is 2.02. The van der Waals surface area contributed by atoms with E-state index in [1.54, 1.807) is 0 Å². The maximum atomic E-state index is 11.1. The fraction of sp³-hybridized carbons (Fsp3) is 0.778. The van der Waals surface area contributed by atoms with Crippen LogP contribution in [-0.2, 0) is 14.3 Å². The second kappa shape index (κ2) is 9.42. The lowest BCUT2D eigenvalue weighted by molar-refractivity contribution is -0.125. The molecule has 0 aliphatic carbocycles. The first-order chi connectivity index (χ1) is 7.20. The summed E-state index contributed by atoms with van der Waals surface area (Å²) >= 11 is 0. The average Bonchev–Trinajstić information content (AvgIpc) is 2.25. The molecule has 0 rings (SSSR count). The van der Waals surface area contributed by atoms with Crippen molar-refractivity contribution < 1.29 is 14.3 Å². The van der Waals surface area contributed by atoms with Crippen LogP contribution in [0.3, 0.4) is 0 Å². The van der Waals surface area contributed by atoms with Gasteiger partial charge in [0.05, 0.1) is 13.1 Å². The Morgan fingerprint density at radius 2 is 2.00 bits per heavy atom. The first-order valence-electron chi connectivity index (χ1n) is 5.02. The third kappa shape index (κ3) is 9.17. The molecule has 0 heterocycles. The molecule has 0 aromatic heterocycles. The Kier molecular flexibility index (Phi) is 8.70. The third-order valence-electron chi connectivity index (χ3n) is 1.62. The van der Waals surface area contributed by atoms with Gasteiger partial charge >= 0.3 is 0 Å². The summed E-state index contributed by atoms with van der Waals surface area (Å²) in [6, 6.07) is 0. The molecule has 0 atom stereocenters. The lowest BCUT2D eigenvalue weighted by atomic mass is 10.4. The van der Waals surface area contributed by atoms with Crippen molar-refractivity contribution in [3.8, 4) is 0 Å². The quantitative estimate of drug-likeness (QED) is 0.436. The van der Waals surface area contributed by atoms with Crippen LogP contribution in [0.1, 0.15) is 13.3 Å². The maximum absolute atomic E-state index is 11.1. The van der Waals surface area contributed by atoms with Gasteiger partial charge in [0.1, 0.15) is 0 Å². The van der Waals surface area contributed by atoms with Crippen LogP contribution in [0.4, 0.5) is 0 Å². The van der Waals surface area contributed by atoms with Crippen molar-refractivity contribution in [3.63, 3.8) is 0 Å². The van der Waals surface area contributed by atoms with E-state index in [1.807, 2.05) is 6.92 Å². The highest BCUT2D eigenvalue weighted by molar-refractivity contribution is 5.85. The molecular formula is C9H19N3O3. The Bertz CT molecular complexity index is 197. The minimum Gasteiger partial charge on any atom is -0.382 e.